The lowest BCUT2D eigenvalue weighted by atomic mass is 10.1. The molecule has 0 radical (unpaired) electrons. The first kappa shape index (κ1) is 15.4. The SMILES string of the molecule is C/C(=N\NC(=O)c1cc(C)oc1C)c1ccc([N+](=O)[O-])cc1. The van der Waals surface area contributed by atoms with Crippen LogP contribution in [0.15, 0.2) is 39.9 Å². The van der Waals surface area contributed by atoms with E-state index in [2.05, 4.69) is 10.5 Å². The van der Waals surface area contributed by atoms with Crippen LogP contribution in [0.3, 0.4) is 0 Å². The van der Waals surface area contributed by atoms with Crippen LogP contribution in [0.25, 0.3) is 0 Å². The molecule has 1 aromatic heterocycles. The molecule has 0 atom stereocenters. The van der Waals surface area contributed by atoms with Gasteiger partial charge < -0.3 is 4.42 Å². The number of nitro groups is 1. The van der Waals surface area contributed by atoms with Gasteiger partial charge in [0, 0.05) is 12.1 Å². The van der Waals surface area contributed by atoms with Crippen LogP contribution in [0.1, 0.15) is 34.4 Å². The summed E-state index contributed by atoms with van der Waals surface area (Å²) in [6, 6.07) is 7.58. The molecule has 0 aliphatic heterocycles. The fourth-order valence-electron chi connectivity index (χ4n) is 1.94. The van der Waals surface area contributed by atoms with E-state index in [1.165, 1.54) is 12.1 Å². The van der Waals surface area contributed by atoms with Crippen molar-refractivity contribution in [3.8, 4) is 0 Å². The first-order chi connectivity index (χ1) is 10.4. The highest BCUT2D eigenvalue weighted by Gasteiger charge is 2.13. The number of nitrogens with one attached hydrogen (secondary N) is 1. The molecule has 0 fully saturated rings. The molecule has 1 aromatic carbocycles. The highest BCUT2D eigenvalue weighted by Crippen LogP contribution is 2.14. The van der Waals surface area contributed by atoms with Gasteiger partial charge in [0.15, 0.2) is 0 Å². The molecule has 114 valence electrons. The lowest BCUT2D eigenvalue weighted by Crippen LogP contribution is -2.19. The summed E-state index contributed by atoms with van der Waals surface area (Å²) in [5.74, 6) is 0.813. The molecule has 7 heteroatoms. The molecule has 0 unspecified atom stereocenters. The molecule has 0 spiro atoms. The summed E-state index contributed by atoms with van der Waals surface area (Å²) >= 11 is 0. The van der Waals surface area contributed by atoms with Crippen molar-refractivity contribution in [3.05, 3.63) is 63.1 Å². The molecule has 0 bridgehead atoms. The Hall–Kier alpha value is -2.96. The quantitative estimate of drug-likeness (QED) is 0.533. The van der Waals surface area contributed by atoms with Gasteiger partial charge in [-0.05, 0) is 44.5 Å². The average Bonchev–Trinajstić information content (AvgIpc) is 2.83. The predicted molar refractivity (Wildman–Crippen MR) is 81.0 cm³/mol. The van der Waals surface area contributed by atoms with E-state index < -0.39 is 4.92 Å². The molecule has 0 aliphatic carbocycles. The van der Waals surface area contributed by atoms with Crippen molar-refractivity contribution in [1.29, 1.82) is 0 Å². The molecule has 0 aliphatic rings. The number of nitrogens with zero attached hydrogens (tertiary/aromatic N) is 2. The van der Waals surface area contributed by atoms with Crippen LogP contribution in [0.4, 0.5) is 5.69 Å². The minimum absolute atomic E-state index is 0.00471. The van der Waals surface area contributed by atoms with E-state index in [9.17, 15) is 14.9 Å². The van der Waals surface area contributed by atoms with E-state index in [1.807, 2.05) is 0 Å². The Bertz CT molecular complexity index is 745. The van der Waals surface area contributed by atoms with E-state index in [4.69, 9.17) is 4.42 Å². The zero-order valence-electron chi connectivity index (χ0n) is 12.4. The third-order valence-corrected chi connectivity index (χ3v) is 3.11. The van der Waals surface area contributed by atoms with Gasteiger partial charge in [-0.15, -0.1) is 0 Å². The van der Waals surface area contributed by atoms with Gasteiger partial charge in [-0.25, -0.2) is 5.43 Å². The number of rotatable bonds is 4. The number of carbonyl (C=O) groups is 1. The second-order valence-corrected chi connectivity index (χ2v) is 4.77. The maximum Gasteiger partial charge on any atom is 0.274 e. The Morgan fingerprint density at radius 3 is 2.41 bits per heavy atom. The van der Waals surface area contributed by atoms with Crippen LogP contribution in [-0.2, 0) is 0 Å². The number of non-ortho nitro benzene ring substituents is 1. The van der Waals surface area contributed by atoms with Gasteiger partial charge in [0.2, 0.25) is 0 Å². The van der Waals surface area contributed by atoms with Crippen LogP contribution >= 0.6 is 0 Å². The molecular weight excluding hydrogens is 286 g/mol. The first-order valence-corrected chi connectivity index (χ1v) is 6.55. The van der Waals surface area contributed by atoms with Crippen LogP contribution in [0.5, 0.6) is 0 Å². The third-order valence-electron chi connectivity index (χ3n) is 3.11. The van der Waals surface area contributed by atoms with Crippen LogP contribution < -0.4 is 5.43 Å². The lowest BCUT2D eigenvalue weighted by molar-refractivity contribution is -0.384. The van der Waals surface area contributed by atoms with Crippen LogP contribution in [-0.4, -0.2) is 16.5 Å². The normalized spacial score (nSPS) is 11.3. The van der Waals surface area contributed by atoms with Crippen molar-refractivity contribution in [2.24, 2.45) is 5.10 Å². The molecule has 1 heterocycles. The molecule has 22 heavy (non-hydrogen) atoms. The summed E-state index contributed by atoms with van der Waals surface area (Å²) in [5.41, 5.74) is 4.11. The molecule has 2 rings (SSSR count). The van der Waals surface area contributed by atoms with Crippen molar-refractivity contribution >= 4 is 17.3 Å². The predicted octanol–water partition coefficient (Wildman–Crippen LogP) is 2.96. The summed E-state index contributed by atoms with van der Waals surface area (Å²) in [6.45, 7) is 5.17. The van der Waals surface area contributed by atoms with Crippen LogP contribution in [0, 0.1) is 24.0 Å². The highest BCUT2D eigenvalue weighted by molar-refractivity contribution is 6.01. The second kappa shape index (κ2) is 6.21. The number of hydrogen-bond donors (Lipinski definition) is 1. The van der Waals surface area contributed by atoms with E-state index in [1.54, 1.807) is 39.0 Å². The largest absolute Gasteiger partial charge is 0.466 e. The molecule has 1 N–H and O–H groups in total. The molecule has 0 saturated heterocycles. The number of hydrogen-bond acceptors (Lipinski definition) is 5. The van der Waals surface area contributed by atoms with Gasteiger partial charge >= 0.3 is 0 Å². The number of hydrazone groups is 1. The average molecular weight is 301 g/mol. The van der Waals surface area contributed by atoms with Gasteiger partial charge in [0.1, 0.15) is 11.5 Å². The second-order valence-electron chi connectivity index (χ2n) is 4.77. The smallest absolute Gasteiger partial charge is 0.274 e. The van der Waals surface area contributed by atoms with E-state index in [0.29, 0.717) is 28.4 Å². The maximum atomic E-state index is 12.0. The van der Waals surface area contributed by atoms with Gasteiger partial charge in [0.25, 0.3) is 11.6 Å². The van der Waals surface area contributed by atoms with E-state index in [0.717, 1.165) is 0 Å². The zero-order valence-corrected chi connectivity index (χ0v) is 12.4. The van der Waals surface area contributed by atoms with Crippen molar-refractivity contribution in [2.45, 2.75) is 20.8 Å². The number of nitro benzene ring substituents is 1. The summed E-state index contributed by atoms with van der Waals surface area (Å²) in [5, 5.41) is 14.6. The van der Waals surface area contributed by atoms with Gasteiger partial charge in [0.05, 0.1) is 16.2 Å². The van der Waals surface area contributed by atoms with E-state index >= 15 is 0 Å². The molecular formula is C15H15N3O4. The minimum atomic E-state index is -0.470. The lowest BCUT2D eigenvalue weighted by Gasteiger charge is -2.02. The van der Waals surface area contributed by atoms with Gasteiger partial charge in [-0.2, -0.15) is 5.10 Å². The van der Waals surface area contributed by atoms with Crippen molar-refractivity contribution in [2.75, 3.05) is 0 Å². The number of benzene rings is 1. The molecule has 7 nitrogen and oxygen atoms in total. The standard InChI is InChI=1S/C15H15N3O4/c1-9-8-14(11(3)22-9)15(19)17-16-10(2)12-4-6-13(7-5-12)18(20)21/h4-8H,1-3H3,(H,17,19)/b16-10+. The van der Waals surface area contributed by atoms with E-state index in [-0.39, 0.29) is 11.6 Å². The van der Waals surface area contributed by atoms with Gasteiger partial charge in [-0.1, -0.05) is 0 Å². The Labute approximate surface area is 126 Å². The fraction of sp³-hybridized carbons (Fsp3) is 0.200. The minimum Gasteiger partial charge on any atom is -0.466 e. The number of carbonyl (C=O) groups excluding carboxylic acids is 1. The van der Waals surface area contributed by atoms with Crippen molar-refractivity contribution in [1.82, 2.24) is 5.43 Å². The summed E-state index contributed by atoms with van der Waals surface area (Å²) in [6.07, 6.45) is 0. The first-order valence-electron chi connectivity index (χ1n) is 6.55. The number of aryl methyl sites for hydroxylation is 2. The fourth-order valence-corrected chi connectivity index (χ4v) is 1.94. The van der Waals surface area contributed by atoms with Crippen molar-refractivity contribution in [3.63, 3.8) is 0 Å². The third kappa shape index (κ3) is 3.38. The monoisotopic (exact) mass is 301 g/mol. The maximum absolute atomic E-state index is 12.0. The number of furan rings is 1. The Kier molecular flexibility index (Phi) is 4.36. The summed E-state index contributed by atoms with van der Waals surface area (Å²) < 4.78 is 5.29. The highest BCUT2D eigenvalue weighted by atomic mass is 16.6. The van der Waals surface area contributed by atoms with Crippen molar-refractivity contribution < 1.29 is 14.1 Å². The van der Waals surface area contributed by atoms with Crippen LogP contribution in [0.2, 0.25) is 0 Å². The Balaban J connectivity index is 2.10. The molecule has 1 amide bonds. The topological polar surface area (TPSA) is 97.7 Å². The Morgan fingerprint density at radius 1 is 1.27 bits per heavy atom. The Morgan fingerprint density at radius 2 is 1.91 bits per heavy atom. The van der Waals surface area contributed by atoms with Gasteiger partial charge in [-0.3, -0.25) is 14.9 Å². The summed E-state index contributed by atoms with van der Waals surface area (Å²) in [7, 11) is 0. The molecule has 2 aromatic rings. The zero-order chi connectivity index (χ0) is 16.3. The summed E-state index contributed by atoms with van der Waals surface area (Å²) in [4.78, 5) is 22.1. The number of amides is 1. The molecule has 0 saturated carbocycles.